The summed E-state index contributed by atoms with van der Waals surface area (Å²) < 4.78 is 30.6. The molecule has 0 aliphatic rings. The van der Waals surface area contributed by atoms with Gasteiger partial charge in [-0.1, -0.05) is 59.6 Å². The maximum absolute atomic E-state index is 12.3. The van der Waals surface area contributed by atoms with E-state index in [1.54, 1.807) is 12.1 Å². The van der Waals surface area contributed by atoms with Gasteiger partial charge in [-0.3, -0.25) is 4.18 Å². The van der Waals surface area contributed by atoms with Crippen LogP contribution in [0.3, 0.4) is 0 Å². The van der Waals surface area contributed by atoms with Crippen molar-refractivity contribution in [3.05, 3.63) is 64.1 Å². The molecule has 0 bridgehead atoms. The molecule has 0 atom stereocenters. The number of aryl methyl sites for hydroxylation is 1. The first-order chi connectivity index (χ1) is 10.2. The highest BCUT2D eigenvalue weighted by Crippen LogP contribution is 2.26. The summed E-state index contributed by atoms with van der Waals surface area (Å²) in [4.78, 5) is 0.163. The van der Waals surface area contributed by atoms with Crippen LogP contribution < -0.4 is 0 Å². The first-order valence-electron chi connectivity index (χ1n) is 6.93. The molecule has 0 aromatic heterocycles. The quantitative estimate of drug-likeness (QED) is 0.717. The lowest BCUT2D eigenvalue weighted by Crippen LogP contribution is -2.26. The van der Waals surface area contributed by atoms with Crippen LogP contribution in [0.15, 0.2) is 57.9 Å². The summed E-state index contributed by atoms with van der Waals surface area (Å²) in [5.41, 5.74) is 1.80. The molecule has 0 radical (unpaired) electrons. The summed E-state index contributed by atoms with van der Waals surface area (Å²) in [6, 6.07) is 14.4. The Kier molecular flexibility index (Phi) is 5.10. The van der Waals surface area contributed by atoms with Gasteiger partial charge in [0.15, 0.2) is 0 Å². The highest BCUT2D eigenvalue weighted by molar-refractivity contribution is 9.10. The SMILES string of the molecule is Cc1cccc(C(C)(C)COS(=O)(=O)c2ccc(Br)cc2)c1. The lowest BCUT2D eigenvalue weighted by atomic mass is 9.85. The van der Waals surface area contributed by atoms with E-state index in [2.05, 4.69) is 22.0 Å². The molecule has 0 saturated heterocycles. The van der Waals surface area contributed by atoms with Crippen LogP contribution in [0.1, 0.15) is 25.0 Å². The van der Waals surface area contributed by atoms with Crippen LogP contribution in [0.25, 0.3) is 0 Å². The number of benzene rings is 2. The second-order valence-electron chi connectivity index (χ2n) is 5.92. The van der Waals surface area contributed by atoms with E-state index in [0.717, 1.165) is 15.6 Å². The van der Waals surface area contributed by atoms with Gasteiger partial charge in [0.05, 0.1) is 11.5 Å². The molecule has 2 aromatic carbocycles. The van der Waals surface area contributed by atoms with Crippen molar-refractivity contribution >= 4 is 26.0 Å². The zero-order valence-electron chi connectivity index (χ0n) is 12.8. The van der Waals surface area contributed by atoms with Gasteiger partial charge < -0.3 is 0 Å². The summed E-state index contributed by atoms with van der Waals surface area (Å²) in [5.74, 6) is 0. The molecule has 0 heterocycles. The van der Waals surface area contributed by atoms with Gasteiger partial charge in [0, 0.05) is 9.89 Å². The lowest BCUT2D eigenvalue weighted by Gasteiger charge is -2.25. The zero-order valence-corrected chi connectivity index (χ0v) is 15.2. The van der Waals surface area contributed by atoms with E-state index in [9.17, 15) is 8.42 Å². The fourth-order valence-electron chi connectivity index (χ4n) is 2.04. The Morgan fingerprint density at radius 1 is 1.09 bits per heavy atom. The molecule has 0 fully saturated rings. The number of halogens is 1. The van der Waals surface area contributed by atoms with Crippen LogP contribution in [0.5, 0.6) is 0 Å². The van der Waals surface area contributed by atoms with Crippen molar-refractivity contribution in [3.63, 3.8) is 0 Å². The van der Waals surface area contributed by atoms with E-state index in [4.69, 9.17) is 4.18 Å². The molecule has 0 unspecified atom stereocenters. The molecule has 2 aromatic rings. The maximum Gasteiger partial charge on any atom is 0.297 e. The molecule has 22 heavy (non-hydrogen) atoms. The molecule has 0 N–H and O–H groups in total. The van der Waals surface area contributed by atoms with Crippen molar-refractivity contribution in [2.24, 2.45) is 0 Å². The van der Waals surface area contributed by atoms with Crippen LogP contribution >= 0.6 is 15.9 Å². The molecule has 2 rings (SSSR count). The van der Waals surface area contributed by atoms with Crippen molar-refractivity contribution in [1.29, 1.82) is 0 Å². The monoisotopic (exact) mass is 382 g/mol. The number of hydrogen-bond acceptors (Lipinski definition) is 3. The Hall–Kier alpha value is -1.17. The first kappa shape index (κ1) is 17.2. The van der Waals surface area contributed by atoms with Crippen LogP contribution in [0.2, 0.25) is 0 Å². The largest absolute Gasteiger partial charge is 0.297 e. The molecule has 0 aliphatic carbocycles. The Balaban J connectivity index is 2.15. The standard InChI is InChI=1S/C17H19BrO3S/c1-13-5-4-6-14(11-13)17(2,3)12-21-22(19,20)16-9-7-15(18)8-10-16/h4-11H,12H2,1-3H3. The van der Waals surface area contributed by atoms with Crippen LogP contribution in [0.4, 0.5) is 0 Å². The summed E-state index contributed by atoms with van der Waals surface area (Å²) in [7, 11) is -3.75. The summed E-state index contributed by atoms with van der Waals surface area (Å²) in [6.45, 7) is 6.05. The van der Waals surface area contributed by atoms with Crippen molar-refractivity contribution in [2.75, 3.05) is 6.61 Å². The van der Waals surface area contributed by atoms with Crippen molar-refractivity contribution < 1.29 is 12.6 Å². The minimum absolute atomic E-state index is 0.0921. The molecule has 0 amide bonds. The van der Waals surface area contributed by atoms with Crippen molar-refractivity contribution in [3.8, 4) is 0 Å². The van der Waals surface area contributed by atoms with E-state index >= 15 is 0 Å². The van der Waals surface area contributed by atoms with Gasteiger partial charge in [-0.25, -0.2) is 0 Å². The summed E-state index contributed by atoms with van der Waals surface area (Å²) in [5, 5.41) is 0. The maximum atomic E-state index is 12.3. The van der Waals surface area contributed by atoms with Gasteiger partial charge in [0.1, 0.15) is 0 Å². The van der Waals surface area contributed by atoms with Gasteiger partial charge >= 0.3 is 0 Å². The predicted molar refractivity (Wildman–Crippen MR) is 91.5 cm³/mol. The first-order valence-corrected chi connectivity index (χ1v) is 9.13. The Morgan fingerprint density at radius 2 is 1.73 bits per heavy atom. The number of hydrogen-bond donors (Lipinski definition) is 0. The van der Waals surface area contributed by atoms with Gasteiger partial charge in [0.25, 0.3) is 10.1 Å². The molecular weight excluding hydrogens is 364 g/mol. The van der Waals surface area contributed by atoms with Gasteiger partial charge in [-0.05, 0) is 36.8 Å². The Labute approximate surface area is 140 Å². The Bertz CT molecular complexity index is 750. The second-order valence-corrected chi connectivity index (χ2v) is 8.45. The average Bonchev–Trinajstić information content (AvgIpc) is 2.46. The molecule has 0 saturated carbocycles. The molecule has 0 aliphatic heterocycles. The molecule has 3 nitrogen and oxygen atoms in total. The molecule has 0 spiro atoms. The Morgan fingerprint density at radius 3 is 2.32 bits per heavy atom. The van der Waals surface area contributed by atoms with E-state index in [1.807, 2.05) is 39.0 Å². The van der Waals surface area contributed by atoms with E-state index in [-0.39, 0.29) is 11.5 Å². The van der Waals surface area contributed by atoms with Crippen LogP contribution in [-0.2, 0) is 19.7 Å². The molecule has 118 valence electrons. The average molecular weight is 383 g/mol. The fourth-order valence-corrected chi connectivity index (χ4v) is 3.36. The predicted octanol–water partition coefficient (Wildman–Crippen LogP) is 4.44. The smallest absolute Gasteiger partial charge is 0.265 e. The van der Waals surface area contributed by atoms with E-state index < -0.39 is 15.5 Å². The highest BCUT2D eigenvalue weighted by atomic mass is 79.9. The van der Waals surface area contributed by atoms with E-state index in [1.165, 1.54) is 12.1 Å². The normalized spacial score (nSPS) is 12.4. The zero-order chi connectivity index (χ0) is 16.4. The lowest BCUT2D eigenvalue weighted by molar-refractivity contribution is 0.246. The van der Waals surface area contributed by atoms with Crippen LogP contribution in [0, 0.1) is 6.92 Å². The molecule has 5 heteroatoms. The fraction of sp³-hybridized carbons (Fsp3) is 0.294. The third kappa shape index (κ3) is 4.18. The van der Waals surface area contributed by atoms with Crippen molar-refractivity contribution in [2.45, 2.75) is 31.1 Å². The molecular formula is C17H19BrO3S. The van der Waals surface area contributed by atoms with Gasteiger partial charge in [-0.2, -0.15) is 8.42 Å². The number of rotatable bonds is 5. The van der Waals surface area contributed by atoms with Crippen LogP contribution in [-0.4, -0.2) is 15.0 Å². The van der Waals surface area contributed by atoms with Crippen molar-refractivity contribution in [1.82, 2.24) is 0 Å². The third-order valence-corrected chi connectivity index (χ3v) is 5.28. The minimum atomic E-state index is -3.75. The summed E-state index contributed by atoms with van der Waals surface area (Å²) >= 11 is 3.28. The minimum Gasteiger partial charge on any atom is -0.265 e. The van der Waals surface area contributed by atoms with Gasteiger partial charge in [0.2, 0.25) is 0 Å². The topological polar surface area (TPSA) is 43.4 Å². The third-order valence-electron chi connectivity index (χ3n) is 3.48. The van der Waals surface area contributed by atoms with E-state index in [0.29, 0.717) is 0 Å². The summed E-state index contributed by atoms with van der Waals surface area (Å²) in [6.07, 6.45) is 0. The second kappa shape index (κ2) is 6.52. The highest BCUT2D eigenvalue weighted by Gasteiger charge is 2.25. The van der Waals surface area contributed by atoms with Gasteiger partial charge in [-0.15, -0.1) is 0 Å².